The second-order valence-corrected chi connectivity index (χ2v) is 16.1. The molecule has 0 amide bonds. The predicted molar refractivity (Wildman–Crippen MR) is 196 cm³/mol. The molecule has 6 unspecified atom stereocenters. The zero-order chi connectivity index (χ0) is 35.0. The molecule has 0 spiro atoms. The SMILES string of the molecule is CCc1c(F)ccc2cc(O)cc(-c3c(Cl)cc4c(N5CC6CCC(C5)N6)nc(OCC5CCC(CN6C7CCC6COC7)[C@H]5C)nc4c3F)c12. The molecule has 4 aliphatic heterocycles. The van der Waals surface area contributed by atoms with E-state index in [1.165, 1.54) is 25.0 Å². The third kappa shape index (κ3) is 5.90. The smallest absolute Gasteiger partial charge is 0.319 e. The van der Waals surface area contributed by atoms with Crippen LogP contribution in [0.4, 0.5) is 14.6 Å². The summed E-state index contributed by atoms with van der Waals surface area (Å²) in [6.07, 6.45) is 7.25. The number of phenolic OH excluding ortho intramolecular Hbond substituents is 1. The lowest BCUT2D eigenvalue weighted by atomic mass is 9.91. The van der Waals surface area contributed by atoms with Gasteiger partial charge in [-0.15, -0.1) is 0 Å². The molecule has 3 aromatic carbocycles. The maximum atomic E-state index is 17.2. The molecular formula is C40H46ClF2N5O3. The van der Waals surface area contributed by atoms with Crippen LogP contribution >= 0.6 is 11.6 Å². The summed E-state index contributed by atoms with van der Waals surface area (Å²) in [4.78, 5) is 14.6. The van der Waals surface area contributed by atoms with Crippen LogP contribution in [0.1, 0.15) is 57.9 Å². The summed E-state index contributed by atoms with van der Waals surface area (Å²) in [6.45, 7) is 8.96. The summed E-state index contributed by atoms with van der Waals surface area (Å²) in [5.74, 6) is 0.947. The van der Waals surface area contributed by atoms with Crippen molar-refractivity contribution in [2.75, 3.05) is 44.4 Å². The lowest BCUT2D eigenvalue weighted by Gasteiger charge is -2.37. The zero-order valence-electron chi connectivity index (χ0n) is 29.3. The number of nitrogens with zero attached hydrogens (tertiary/aromatic N) is 4. The van der Waals surface area contributed by atoms with Gasteiger partial charge in [0.15, 0.2) is 5.82 Å². The Hall–Kier alpha value is -3.31. The Labute approximate surface area is 302 Å². The van der Waals surface area contributed by atoms with Crippen LogP contribution in [-0.2, 0) is 11.2 Å². The third-order valence-corrected chi connectivity index (χ3v) is 13.1. The third-order valence-electron chi connectivity index (χ3n) is 12.8. The van der Waals surface area contributed by atoms with Gasteiger partial charge in [0.1, 0.15) is 22.9 Å². The summed E-state index contributed by atoms with van der Waals surface area (Å²) in [5.41, 5.74) is 0.942. The molecule has 1 saturated carbocycles. The average molecular weight is 718 g/mol. The zero-order valence-corrected chi connectivity index (χ0v) is 30.1. The molecule has 270 valence electrons. The van der Waals surface area contributed by atoms with Crippen LogP contribution in [0, 0.1) is 29.4 Å². The summed E-state index contributed by atoms with van der Waals surface area (Å²) in [7, 11) is 0. The van der Waals surface area contributed by atoms with Gasteiger partial charge in [-0.3, -0.25) is 4.90 Å². The standard InChI is InChI=1S/C40H46ClF2N5O3/c1-3-30-34(42)11-6-22-12-29(49)13-31(35(22)30)36-33(41)14-32-38(37(36)43)45-40(46-39(32)47-16-25-7-8-26(17-47)44-25)51-18-24-5-4-23(21(24)2)15-48-27-9-10-28(48)20-50-19-27/h6,11-14,21,23-28,44,49H,3-5,7-10,15-20H2,1-2H3/t21-,23?,24?,25?,26?,27?,28?/m1/s1. The van der Waals surface area contributed by atoms with Gasteiger partial charge in [-0.05, 0) is 109 Å². The van der Waals surface area contributed by atoms with Crippen LogP contribution in [0.25, 0.3) is 32.8 Å². The number of nitrogens with one attached hydrogen (secondary N) is 1. The summed E-state index contributed by atoms with van der Waals surface area (Å²) in [6, 6.07) is 9.65. The molecule has 11 heteroatoms. The monoisotopic (exact) mass is 717 g/mol. The first-order valence-electron chi connectivity index (χ1n) is 18.9. The van der Waals surface area contributed by atoms with Crippen molar-refractivity contribution >= 4 is 39.1 Å². The maximum absolute atomic E-state index is 17.2. The first kappa shape index (κ1) is 33.5. The van der Waals surface area contributed by atoms with E-state index in [2.05, 4.69) is 22.0 Å². The van der Waals surface area contributed by atoms with E-state index in [1.54, 1.807) is 18.2 Å². The Morgan fingerprint density at radius 1 is 0.980 bits per heavy atom. The first-order valence-corrected chi connectivity index (χ1v) is 19.2. The Kier molecular flexibility index (Phi) is 8.72. The molecule has 5 aliphatic rings. The summed E-state index contributed by atoms with van der Waals surface area (Å²) >= 11 is 6.98. The van der Waals surface area contributed by atoms with Crippen LogP contribution in [0.15, 0.2) is 30.3 Å². The van der Waals surface area contributed by atoms with E-state index in [1.807, 2.05) is 6.92 Å². The van der Waals surface area contributed by atoms with Gasteiger partial charge in [-0.25, -0.2) is 8.78 Å². The minimum atomic E-state index is -0.642. The highest BCUT2D eigenvalue weighted by Gasteiger charge is 2.42. The number of aryl methyl sites for hydroxylation is 1. The number of hydrogen-bond acceptors (Lipinski definition) is 8. The number of morpholine rings is 1. The fraction of sp³-hybridized carbons (Fsp3) is 0.550. The molecule has 4 aromatic rings. The number of aromatic hydroxyl groups is 1. The van der Waals surface area contributed by atoms with Crippen LogP contribution < -0.4 is 15.0 Å². The van der Waals surface area contributed by atoms with Crippen LogP contribution in [0.3, 0.4) is 0 Å². The fourth-order valence-electron chi connectivity index (χ4n) is 10.0. The highest BCUT2D eigenvalue weighted by molar-refractivity contribution is 6.35. The number of aromatic nitrogens is 2. The normalized spacial score (nSPS) is 29.1. The molecule has 5 fully saturated rings. The molecule has 5 heterocycles. The summed E-state index contributed by atoms with van der Waals surface area (Å²) < 4.78 is 44.6. The minimum Gasteiger partial charge on any atom is -0.508 e. The topological polar surface area (TPSA) is 83.0 Å². The van der Waals surface area contributed by atoms with Gasteiger partial charge in [-0.1, -0.05) is 31.5 Å². The second kappa shape index (κ2) is 13.3. The van der Waals surface area contributed by atoms with Crippen molar-refractivity contribution in [3.8, 4) is 22.9 Å². The first-order chi connectivity index (χ1) is 24.7. The number of hydrogen-bond donors (Lipinski definition) is 2. The number of ether oxygens (including phenoxy) is 2. The van der Waals surface area contributed by atoms with E-state index in [-0.39, 0.29) is 33.7 Å². The molecule has 4 saturated heterocycles. The molecule has 8 nitrogen and oxygen atoms in total. The highest BCUT2D eigenvalue weighted by atomic mass is 35.5. The van der Waals surface area contributed by atoms with Gasteiger partial charge in [0.05, 0.1) is 24.8 Å². The van der Waals surface area contributed by atoms with Crippen molar-refractivity contribution in [2.45, 2.75) is 83.0 Å². The van der Waals surface area contributed by atoms with E-state index in [9.17, 15) is 5.11 Å². The van der Waals surface area contributed by atoms with Gasteiger partial charge in [0.2, 0.25) is 0 Å². The molecule has 51 heavy (non-hydrogen) atoms. The Bertz CT molecular complexity index is 1970. The predicted octanol–water partition coefficient (Wildman–Crippen LogP) is 7.49. The van der Waals surface area contributed by atoms with Gasteiger partial charge in [-0.2, -0.15) is 9.97 Å². The molecular weight excluding hydrogens is 672 g/mol. The molecule has 1 aliphatic carbocycles. The van der Waals surface area contributed by atoms with Gasteiger partial charge in [0.25, 0.3) is 0 Å². The van der Waals surface area contributed by atoms with Crippen molar-refractivity contribution in [1.82, 2.24) is 20.2 Å². The van der Waals surface area contributed by atoms with Crippen LogP contribution in [0.2, 0.25) is 5.02 Å². The van der Waals surface area contributed by atoms with Gasteiger partial charge >= 0.3 is 6.01 Å². The number of benzene rings is 3. The Morgan fingerprint density at radius 3 is 2.47 bits per heavy atom. The van der Waals surface area contributed by atoms with Crippen LogP contribution in [0.5, 0.6) is 11.8 Å². The number of halogens is 3. The van der Waals surface area contributed by atoms with Crippen molar-refractivity contribution in [3.63, 3.8) is 0 Å². The molecule has 0 radical (unpaired) electrons. The molecule has 4 bridgehead atoms. The van der Waals surface area contributed by atoms with Crippen LogP contribution in [-0.4, -0.2) is 83.6 Å². The lowest BCUT2D eigenvalue weighted by molar-refractivity contribution is -0.0242. The quantitative estimate of drug-likeness (QED) is 0.194. The van der Waals surface area contributed by atoms with E-state index < -0.39 is 5.82 Å². The molecule has 7 atom stereocenters. The number of rotatable bonds is 8. The molecule has 9 rings (SSSR count). The van der Waals surface area contributed by atoms with Crippen molar-refractivity contribution in [2.24, 2.45) is 17.8 Å². The van der Waals surface area contributed by atoms with Crippen molar-refractivity contribution < 1.29 is 23.4 Å². The fourth-order valence-corrected chi connectivity index (χ4v) is 10.3. The van der Waals surface area contributed by atoms with E-state index in [4.69, 9.17) is 31.0 Å². The number of fused-ring (bicyclic) bond motifs is 6. The minimum absolute atomic E-state index is 0.0596. The second-order valence-electron chi connectivity index (χ2n) is 15.7. The van der Waals surface area contributed by atoms with E-state index in [0.717, 1.165) is 58.5 Å². The Balaban J connectivity index is 1.08. The maximum Gasteiger partial charge on any atom is 0.319 e. The lowest BCUT2D eigenvalue weighted by Crippen LogP contribution is -2.51. The van der Waals surface area contributed by atoms with E-state index >= 15 is 8.78 Å². The Morgan fingerprint density at radius 2 is 1.73 bits per heavy atom. The van der Waals surface area contributed by atoms with E-state index in [0.29, 0.717) is 88.1 Å². The van der Waals surface area contributed by atoms with Gasteiger partial charge in [0, 0.05) is 54.8 Å². The van der Waals surface area contributed by atoms with Crippen molar-refractivity contribution in [3.05, 3.63) is 52.6 Å². The summed E-state index contributed by atoms with van der Waals surface area (Å²) in [5, 5.41) is 16.2. The average Bonchev–Trinajstić information content (AvgIpc) is 3.71. The largest absolute Gasteiger partial charge is 0.508 e. The van der Waals surface area contributed by atoms with Crippen molar-refractivity contribution in [1.29, 1.82) is 0 Å². The molecule has 2 N–H and O–H groups in total. The number of phenols is 1. The number of anilines is 1. The highest BCUT2D eigenvalue weighted by Crippen LogP contribution is 2.45. The number of piperazine rings is 1. The molecule has 1 aromatic heterocycles. The van der Waals surface area contributed by atoms with Gasteiger partial charge < -0.3 is 24.8 Å².